The molecule has 9 nitrogen and oxygen atoms in total. The third-order valence-corrected chi connectivity index (χ3v) is 6.54. The highest BCUT2D eigenvalue weighted by atomic mass is 16.6. The number of amides is 1. The molecule has 2 heterocycles. The average Bonchev–Trinajstić information content (AvgIpc) is 3.56. The Hall–Kier alpha value is -4.50. The van der Waals surface area contributed by atoms with Crippen LogP contribution in [0.3, 0.4) is 0 Å². The van der Waals surface area contributed by atoms with Gasteiger partial charge in [-0.05, 0) is 73.5 Å². The monoisotopic (exact) mass is 528 g/mol. The lowest BCUT2D eigenvalue weighted by Crippen LogP contribution is -2.38. The first-order chi connectivity index (χ1) is 19.0. The van der Waals surface area contributed by atoms with Gasteiger partial charge in [-0.1, -0.05) is 18.2 Å². The molecule has 0 radical (unpaired) electrons. The van der Waals surface area contributed by atoms with Crippen molar-refractivity contribution in [1.29, 1.82) is 0 Å². The molecule has 39 heavy (non-hydrogen) atoms. The molecule has 1 aromatic heterocycles. The fourth-order valence-electron chi connectivity index (χ4n) is 4.46. The molecule has 3 aromatic carbocycles. The predicted molar refractivity (Wildman–Crippen MR) is 148 cm³/mol. The van der Waals surface area contributed by atoms with Crippen LogP contribution in [0.4, 0.5) is 4.79 Å². The van der Waals surface area contributed by atoms with Crippen LogP contribution in [-0.4, -0.2) is 65.0 Å². The Labute approximate surface area is 227 Å². The molecule has 4 aromatic rings. The van der Waals surface area contributed by atoms with Crippen molar-refractivity contribution in [3.8, 4) is 28.6 Å². The Balaban J connectivity index is 1.17. The minimum Gasteiger partial charge on any atom is -0.492 e. The SMILES string of the molecule is CN(C)C(=O)O[C@H]1CCCN1CCOc1ccc(-n2ccn(-c3ccc(Oc4ccccc4)cc3)c2=O)cc1. The van der Waals surface area contributed by atoms with Gasteiger partial charge in [0.2, 0.25) is 0 Å². The number of ether oxygens (including phenoxy) is 3. The molecule has 0 aliphatic carbocycles. The van der Waals surface area contributed by atoms with Crippen molar-refractivity contribution in [2.75, 3.05) is 33.8 Å². The lowest BCUT2D eigenvalue weighted by Gasteiger charge is -2.25. The van der Waals surface area contributed by atoms with Gasteiger partial charge < -0.3 is 19.1 Å². The van der Waals surface area contributed by atoms with Gasteiger partial charge in [-0.2, -0.15) is 0 Å². The zero-order valence-corrected chi connectivity index (χ0v) is 22.1. The fraction of sp³-hybridized carbons (Fsp3) is 0.267. The first kappa shape index (κ1) is 26.1. The van der Waals surface area contributed by atoms with Crippen LogP contribution in [0.15, 0.2) is 96.1 Å². The van der Waals surface area contributed by atoms with E-state index in [0.717, 1.165) is 36.5 Å². The van der Waals surface area contributed by atoms with Gasteiger partial charge in [0.1, 0.15) is 23.9 Å². The second-order valence-electron chi connectivity index (χ2n) is 9.48. The molecule has 0 saturated carbocycles. The van der Waals surface area contributed by atoms with Crippen LogP contribution >= 0.6 is 0 Å². The Kier molecular flexibility index (Phi) is 7.98. The lowest BCUT2D eigenvalue weighted by atomic mass is 10.3. The van der Waals surface area contributed by atoms with E-state index in [-0.39, 0.29) is 18.0 Å². The summed E-state index contributed by atoms with van der Waals surface area (Å²) in [5.41, 5.74) is 1.31. The van der Waals surface area contributed by atoms with Crippen LogP contribution in [0.25, 0.3) is 11.4 Å². The normalized spacial score (nSPS) is 15.2. The number of para-hydroxylation sites is 1. The van der Waals surface area contributed by atoms with E-state index >= 15 is 0 Å². The van der Waals surface area contributed by atoms with Gasteiger partial charge in [0.05, 0.1) is 11.4 Å². The van der Waals surface area contributed by atoms with Crippen molar-refractivity contribution in [1.82, 2.24) is 18.9 Å². The van der Waals surface area contributed by atoms with E-state index in [9.17, 15) is 9.59 Å². The molecule has 0 unspecified atom stereocenters. The van der Waals surface area contributed by atoms with Crippen LogP contribution < -0.4 is 15.2 Å². The van der Waals surface area contributed by atoms with Crippen LogP contribution in [0.5, 0.6) is 17.2 Å². The average molecular weight is 529 g/mol. The van der Waals surface area contributed by atoms with Crippen molar-refractivity contribution in [3.63, 3.8) is 0 Å². The van der Waals surface area contributed by atoms with Crippen molar-refractivity contribution >= 4 is 6.09 Å². The molecule has 1 atom stereocenters. The zero-order valence-electron chi connectivity index (χ0n) is 22.1. The summed E-state index contributed by atoms with van der Waals surface area (Å²) in [7, 11) is 3.36. The van der Waals surface area contributed by atoms with E-state index in [0.29, 0.717) is 24.7 Å². The summed E-state index contributed by atoms with van der Waals surface area (Å²) in [5, 5.41) is 0. The highest BCUT2D eigenvalue weighted by Crippen LogP contribution is 2.23. The third-order valence-electron chi connectivity index (χ3n) is 6.54. The van der Waals surface area contributed by atoms with E-state index in [4.69, 9.17) is 14.2 Å². The summed E-state index contributed by atoms with van der Waals surface area (Å²) in [5.74, 6) is 2.16. The Morgan fingerprint density at radius 3 is 2.05 bits per heavy atom. The van der Waals surface area contributed by atoms with E-state index in [1.54, 1.807) is 35.6 Å². The van der Waals surface area contributed by atoms with Gasteiger partial charge in [0.25, 0.3) is 0 Å². The van der Waals surface area contributed by atoms with Gasteiger partial charge >= 0.3 is 11.8 Å². The zero-order chi connectivity index (χ0) is 27.2. The maximum Gasteiger partial charge on any atom is 0.410 e. The van der Waals surface area contributed by atoms with Crippen LogP contribution in [0, 0.1) is 0 Å². The summed E-state index contributed by atoms with van der Waals surface area (Å²) in [6, 6.07) is 24.4. The van der Waals surface area contributed by atoms with Crippen LogP contribution in [0.1, 0.15) is 12.8 Å². The number of hydrogen-bond donors (Lipinski definition) is 0. The van der Waals surface area contributed by atoms with Crippen LogP contribution in [0.2, 0.25) is 0 Å². The van der Waals surface area contributed by atoms with Gasteiger partial charge in [-0.25, -0.2) is 9.59 Å². The maximum absolute atomic E-state index is 13.1. The Morgan fingerprint density at radius 2 is 1.44 bits per heavy atom. The molecule has 9 heteroatoms. The van der Waals surface area contributed by atoms with Gasteiger partial charge in [0, 0.05) is 39.6 Å². The molecule has 0 spiro atoms. The smallest absolute Gasteiger partial charge is 0.410 e. The van der Waals surface area contributed by atoms with Crippen LogP contribution in [-0.2, 0) is 4.74 Å². The minimum atomic E-state index is -0.332. The number of likely N-dealkylation sites (tertiary alicyclic amines) is 1. The number of hydrogen-bond acceptors (Lipinski definition) is 6. The Bertz CT molecular complexity index is 1430. The molecule has 1 aliphatic heterocycles. The number of carbonyl (C=O) groups excluding carboxylic acids is 1. The second kappa shape index (κ2) is 11.9. The second-order valence-corrected chi connectivity index (χ2v) is 9.48. The Morgan fingerprint density at radius 1 is 0.846 bits per heavy atom. The minimum absolute atomic E-state index is 0.173. The molecule has 1 aliphatic rings. The molecule has 1 amide bonds. The van der Waals surface area contributed by atoms with Gasteiger partial charge in [0.15, 0.2) is 6.23 Å². The lowest BCUT2D eigenvalue weighted by molar-refractivity contribution is -0.00402. The number of nitrogens with zero attached hydrogens (tertiary/aromatic N) is 4. The first-order valence-corrected chi connectivity index (χ1v) is 13.0. The molecule has 202 valence electrons. The van der Waals surface area contributed by atoms with Gasteiger partial charge in [-0.3, -0.25) is 14.0 Å². The summed E-state index contributed by atoms with van der Waals surface area (Å²) < 4.78 is 20.5. The fourth-order valence-corrected chi connectivity index (χ4v) is 4.46. The third kappa shape index (κ3) is 6.32. The molecule has 5 rings (SSSR count). The number of rotatable bonds is 9. The molecule has 0 N–H and O–H groups in total. The van der Waals surface area contributed by atoms with Crippen molar-refractivity contribution < 1.29 is 19.0 Å². The molecular formula is C30H32N4O5. The van der Waals surface area contributed by atoms with E-state index in [2.05, 4.69) is 4.90 Å². The highest BCUT2D eigenvalue weighted by Gasteiger charge is 2.28. The van der Waals surface area contributed by atoms with E-state index in [1.165, 1.54) is 4.90 Å². The van der Waals surface area contributed by atoms with Crippen molar-refractivity contribution in [3.05, 3.63) is 102 Å². The molecule has 1 fully saturated rings. The molecule has 0 bridgehead atoms. The number of carbonyl (C=O) groups is 1. The molecular weight excluding hydrogens is 496 g/mol. The largest absolute Gasteiger partial charge is 0.492 e. The summed E-state index contributed by atoms with van der Waals surface area (Å²) >= 11 is 0. The number of aromatic nitrogens is 2. The number of benzene rings is 3. The summed E-state index contributed by atoms with van der Waals surface area (Å²) in [6.45, 7) is 2.00. The molecule has 1 saturated heterocycles. The van der Waals surface area contributed by atoms with E-state index in [1.807, 2.05) is 78.9 Å². The topological polar surface area (TPSA) is 78.2 Å². The van der Waals surface area contributed by atoms with Gasteiger partial charge in [-0.15, -0.1) is 0 Å². The standard InChI is InChI=1S/C30H32N4O5/c1-31(2)30(36)39-28-9-6-18-32(28)21-22-37-25-14-10-23(11-15-25)33-19-20-34(29(33)35)24-12-16-27(17-13-24)38-26-7-4-3-5-8-26/h3-5,7-8,10-17,19-20,28H,6,9,18,21-22H2,1-2H3/t28-/m0/s1. The van der Waals surface area contributed by atoms with Crippen molar-refractivity contribution in [2.24, 2.45) is 0 Å². The predicted octanol–water partition coefficient (Wildman–Crippen LogP) is 4.92. The van der Waals surface area contributed by atoms with Crippen molar-refractivity contribution in [2.45, 2.75) is 19.1 Å². The number of imidazole rings is 1. The first-order valence-electron chi connectivity index (χ1n) is 13.0. The quantitative estimate of drug-likeness (QED) is 0.307. The van der Waals surface area contributed by atoms with E-state index < -0.39 is 0 Å². The summed E-state index contributed by atoms with van der Waals surface area (Å²) in [4.78, 5) is 28.6. The summed E-state index contributed by atoms with van der Waals surface area (Å²) in [6.07, 6.45) is 4.76. The maximum atomic E-state index is 13.1. The highest BCUT2D eigenvalue weighted by molar-refractivity contribution is 5.66.